The lowest BCUT2D eigenvalue weighted by molar-refractivity contribution is -0.136. The molecule has 4 aliphatic heterocycles. The Bertz CT molecular complexity index is 3460. The van der Waals surface area contributed by atoms with Crippen molar-refractivity contribution in [1.29, 1.82) is 0 Å². The first kappa shape index (κ1) is 37.5. The maximum absolute atomic E-state index is 16.7. The van der Waals surface area contributed by atoms with Crippen LogP contribution in [0.1, 0.15) is 106 Å². The zero-order chi connectivity index (χ0) is 56.3. The Hall–Kier alpha value is -7.41. The molecule has 70 heavy (non-hydrogen) atoms. The molecule has 2 aromatic heterocycles. The number of nitrogens with zero attached hydrogens (tertiary/aromatic N) is 7. The lowest BCUT2D eigenvalue weighted by Crippen LogP contribution is -2.54. The number of halogens is 3. The third kappa shape index (κ3) is 8.55. The van der Waals surface area contributed by atoms with E-state index in [-0.39, 0.29) is 29.2 Å². The minimum atomic E-state index is -3.90. The molecule has 4 aliphatic rings. The van der Waals surface area contributed by atoms with Crippen LogP contribution in [0.2, 0.25) is 0 Å². The molecule has 3 N–H and O–H groups in total. The molecule has 10 rings (SSSR count). The number of H-pyrrole nitrogens is 1. The van der Waals surface area contributed by atoms with Crippen LogP contribution in [-0.2, 0) is 21.5 Å². The lowest BCUT2D eigenvalue weighted by atomic mass is 9.95. The summed E-state index contributed by atoms with van der Waals surface area (Å²) in [7, 11) is 0. The Kier molecular flexibility index (Phi) is 9.72. The van der Waals surface area contributed by atoms with E-state index in [2.05, 4.69) is 30.6 Å². The molecular weight excluding hydrogens is 906 g/mol. The smallest absolute Gasteiger partial charge is 0.315 e. The number of imide groups is 2. The standard InChI is InChI=1S/C51H51F3N10O6/c1-27-23-31(5-6-32(27)25-55-46(67)47-57-50(60-70-47)51(2,3)4)43-34-24-30(9-12-35(34)58-59-43)29-7-10-33(11-8-29)62-17-15-28(16-18-62)26-61-19-21-63(22-20-61)44-41(53)39-38(40(52)42(44)54)48(68)64(49(39)69)36-13-14-37(65)56-45(36)66/h5-12,23-24,28,36H,13-22,25-26H2,1-4H3,(H,55,67)(H,58,59)(H,56,65,66)/i19D2,20D2,21D2,22D2. The van der Waals surface area contributed by atoms with Gasteiger partial charge in [0.25, 0.3) is 11.8 Å². The van der Waals surface area contributed by atoms with Gasteiger partial charge in [-0.05, 0) is 84.7 Å². The number of benzene rings is 4. The van der Waals surface area contributed by atoms with Gasteiger partial charge in [0.05, 0.1) is 27.8 Å². The molecule has 6 heterocycles. The van der Waals surface area contributed by atoms with Gasteiger partial charge in [-0.2, -0.15) is 10.1 Å². The molecule has 0 bridgehead atoms. The van der Waals surface area contributed by atoms with Crippen molar-refractivity contribution in [3.8, 4) is 22.4 Å². The summed E-state index contributed by atoms with van der Waals surface area (Å²) < 4.78 is 126. The highest BCUT2D eigenvalue weighted by molar-refractivity contribution is 6.24. The highest BCUT2D eigenvalue weighted by Crippen LogP contribution is 2.39. The molecule has 1 atom stereocenters. The second-order valence-electron chi connectivity index (χ2n) is 18.7. The van der Waals surface area contributed by atoms with Gasteiger partial charge >= 0.3 is 11.8 Å². The molecule has 5 amide bonds. The summed E-state index contributed by atoms with van der Waals surface area (Å²) in [4.78, 5) is 70.2. The Morgan fingerprint density at radius 3 is 2.20 bits per heavy atom. The number of amides is 5. The van der Waals surface area contributed by atoms with Crippen molar-refractivity contribution in [2.45, 2.75) is 71.4 Å². The lowest BCUT2D eigenvalue weighted by Gasteiger charge is -2.40. The Morgan fingerprint density at radius 2 is 1.53 bits per heavy atom. The number of piperidine rings is 2. The highest BCUT2D eigenvalue weighted by Gasteiger charge is 2.50. The van der Waals surface area contributed by atoms with Gasteiger partial charge in [-0.3, -0.25) is 44.2 Å². The maximum Gasteiger partial charge on any atom is 0.315 e. The molecule has 1 unspecified atom stereocenters. The van der Waals surface area contributed by atoms with Gasteiger partial charge in [-0.25, -0.2) is 13.2 Å². The Balaban J connectivity index is 0.811. The van der Waals surface area contributed by atoms with Crippen LogP contribution in [-0.4, -0.2) is 111 Å². The summed E-state index contributed by atoms with van der Waals surface area (Å²) in [6.07, 6.45) is -0.196. The van der Waals surface area contributed by atoms with Gasteiger partial charge in [-0.15, -0.1) is 0 Å². The average Bonchev–Trinajstić information content (AvgIpc) is 4.22. The quantitative estimate of drug-likeness (QED) is 0.0978. The van der Waals surface area contributed by atoms with E-state index in [0.29, 0.717) is 36.7 Å². The molecule has 0 radical (unpaired) electrons. The third-order valence-electron chi connectivity index (χ3n) is 13.0. The predicted molar refractivity (Wildman–Crippen MR) is 252 cm³/mol. The Morgan fingerprint density at radius 1 is 0.843 bits per heavy atom. The molecule has 0 spiro atoms. The van der Waals surface area contributed by atoms with Crippen LogP contribution in [0.25, 0.3) is 33.3 Å². The van der Waals surface area contributed by atoms with Crippen molar-refractivity contribution in [3.05, 3.63) is 112 Å². The van der Waals surface area contributed by atoms with Crippen LogP contribution in [0.5, 0.6) is 0 Å². The van der Waals surface area contributed by atoms with Gasteiger partial charge < -0.3 is 19.6 Å². The van der Waals surface area contributed by atoms with E-state index in [0.717, 1.165) is 50.1 Å². The summed E-state index contributed by atoms with van der Waals surface area (Å²) in [6, 6.07) is 17.8. The first-order valence-corrected chi connectivity index (χ1v) is 22.6. The maximum atomic E-state index is 16.7. The summed E-state index contributed by atoms with van der Waals surface area (Å²) in [6.45, 7) is -6.83. The number of nitrogens with one attached hydrogen (secondary N) is 3. The van der Waals surface area contributed by atoms with E-state index in [1.807, 2.05) is 93.7 Å². The average molecular weight is 965 g/mol. The fraction of sp³-hybridized carbons (Fsp3) is 0.373. The van der Waals surface area contributed by atoms with Crippen molar-refractivity contribution in [2.75, 3.05) is 55.4 Å². The number of rotatable bonds is 10. The van der Waals surface area contributed by atoms with E-state index in [1.165, 1.54) is 0 Å². The topological polar surface area (TPSA) is 190 Å². The van der Waals surface area contributed by atoms with Gasteiger partial charge in [0.15, 0.2) is 23.3 Å². The summed E-state index contributed by atoms with van der Waals surface area (Å²) >= 11 is 0. The number of piperazine rings is 1. The number of aromatic nitrogens is 4. The number of aromatic amines is 1. The van der Waals surface area contributed by atoms with Crippen molar-refractivity contribution in [3.63, 3.8) is 0 Å². The van der Waals surface area contributed by atoms with Crippen molar-refractivity contribution < 1.29 is 52.6 Å². The van der Waals surface area contributed by atoms with E-state index in [4.69, 9.17) is 15.5 Å². The molecule has 16 nitrogen and oxygen atoms in total. The zero-order valence-corrected chi connectivity index (χ0v) is 38.3. The Labute approximate surface area is 411 Å². The van der Waals surface area contributed by atoms with Crippen LogP contribution in [0.4, 0.5) is 24.5 Å². The van der Waals surface area contributed by atoms with E-state index in [1.54, 1.807) is 0 Å². The molecule has 0 aliphatic carbocycles. The van der Waals surface area contributed by atoms with Gasteiger partial charge in [-0.1, -0.05) is 56.3 Å². The molecule has 362 valence electrons. The number of fused-ring (bicyclic) bond motifs is 2. The fourth-order valence-corrected chi connectivity index (χ4v) is 9.09. The number of aryl methyl sites for hydroxylation is 1. The number of anilines is 2. The van der Waals surface area contributed by atoms with Crippen LogP contribution in [0, 0.1) is 30.3 Å². The van der Waals surface area contributed by atoms with Gasteiger partial charge in [0.1, 0.15) is 11.7 Å². The van der Waals surface area contributed by atoms with E-state index in [9.17, 15) is 24.0 Å². The predicted octanol–water partition coefficient (Wildman–Crippen LogP) is 6.67. The summed E-state index contributed by atoms with van der Waals surface area (Å²) in [5.41, 5.74) is 1.54. The fourth-order valence-electron chi connectivity index (χ4n) is 9.09. The first-order chi connectivity index (χ1) is 36.6. The highest BCUT2D eigenvalue weighted by atomic mass is 19.2. The molecule has 3 fully saturated rings. The van der Waals surface area contributed by atoms with Gasteiger partial charge in [0, 0.05) is 86.1 Å². The van der Waals surface area contributed by atoms with Crippen molar-refractivity contribution >= 4 is 51.8 Å². The second kappa shape index (κ2) is 18.2. The monoisotopic (exact) mass is 964 g/mol. The number of carbonyl (C=O) groups is 5. The molecule has 6 aromatic rings. The first-order valence-electron chi connectivity index (χ1n) is 26.6. The SMILES string of the molecule is [2H]C1([2H])N(CC2CCN(c3ccc(-c4ccc5[nH]nc(-c6ccc(CNC(=O)c7nc(C(C)(C)C)no7)c(C)c6)c5c4)cc3)CC2)C([2H])([2H])C([2H])([2H])N(c2c(F)c(F)c3c(c2F)C(=O)N(C2CCC(=O)NC2=O)C3=O)C1([2H])[2H]. The van der Waals surface area contributed by atoms with Gasteiger partial charge in [0.2, 0.25) is 11.8 Å². The summed E-state index contributed by atoms with van der Waals surface area (Å²) in [5, 5.41) is 17.3. The van der Waals surface area contributed by atoms with Crippen LogP contribution in [0.15, 0.2) is 65.2 Å². The molecule has 0 saturated carbocycles. The molecule has 19 heteroatoms. The number of carbonyl (C=O) groups excluding carboxylic acids is 5. The minimum absolute atomic E-state index is 0.111. The zero-order valence-electron chi connectivity index (χ0n) is 46.3. The molecule has 3 saturated heterocycles. The van der Waals surface area contributed by atoms with Crippen LogP contribution < -0.4 is 20.4 Å². The van der Waals surface area contributed by atoms with Crippen molar-refractivity contribution in [2.24, 2.45) is 5.92 Å². The number of hydrogen-bond acceptors (Lipinski definition) is 12. The van der Waals surface area contributed by atoms with E-state index >= 15 is 13.2 Å². The van der Waals surface area contributed by atoms with Crippen LogP contribution >= 0.6 is 0 Å². The molecule has 4 aromatic carbocycles. The van der Waals surface area contributed by atoms with E-state index < -0.39 is 120 Å². The molecular formula is C51H51F3N10O6. The minimum Gasteiger partial charge on any atom is -0.372 e. The normalized spacial score (nSPS) is 22.8. The second-order valence-corrected chi connectivity index (χ2v) is 18.7. The summed E-state index contributed by atoms with van der Waals surface area (Å²) in [5.74, 6) is -12.8. The third-order valence-corrected chi connectivity index (χ3v) is 13.0. The van der Waals surface area contributed by atoms with Crippen LogP contribution in [0.3, 0.4) is 0 Å². The van der Waals surface area contributed by atoms with Crippen molar-refractivity contribution in [1.82, 2.24) is 40.8 Å². The largest absolute Gasteiger partial charge is 0.372 e. The number of hydrogen-bond donors (Lipinski definition) is 3.